The van der Waals surface area contributed by atoms with Gasteiger partial charge >= 0.3 is 0 Å². The Bertz CT molecular complexity index is 1040. The van der Waals surface area contributed by atoms with Gasteiger partial charge in [0.2, 0.25) is 0 Å². The Morgan fingerprint density at radius 3 is 2.64 bits per heavy atom. The third-order valence-corrected chi connectivity index (χ3v) is 6.95. The van der Waals surface area contributed by atoms with Crippen molar-refractivity contribution in [3.05, 3.63) is 45.2 Å². The smallest absolute Gasteiger partial charge is 0.267 e. The fraction of sp³-hybridized carbons (Fsp3) is 0.368. The summed E-state index contributed by atoms with van der Waals surface area (Å²) in [6.45, 7) is 5.51. The third kappa shape index (κ3) is 3.46. The Labute approximate surface area is 177 Å². The minimum Gasteiger partial charge on any atom is -0.354 e. The van der Waals surface area contributed by atoms with Gasteiger partial charge in [-0.2, -0.15) is 11.8 Å². The van der Waals surface area contributed by atoms with Crippen molar-refractivity contribution in [1.82, 2.24) is 14.3 Å². The fourth-order valence-electron chi connectivity index (χ4n) is 3.29. The number of rotatable bonds is 3. The standard InChI is InChI=1S/C19H20N4O2S3/c1-12(2)23-18(25)14(28-19(23)26)11-13-16(21-7-9-27-10-8-21)20-15-5-3-4-6-22(15)17(13)24/h3-6,11-12H,7-10H2,1-2H3. The van der Waals surface area contributed by atoms with Crippen LogP contribution in [0.25, 0.3) is 11.7 Å². The summed E-state index contributed by atoms with van der Waals surface area (Å²) in [5.41, 5.74) is 0.876. The van der Waals surface area contributed by atoms with Crippen LogP contribution in [0, 0.1) is 0 Å². The molecule has 2 aliphatic heterocycles. The molecule has 2 saturated heterocycles. The van der Waals surface area contributed by atoms with Crippen molar-refractivity contribution < 1.29 is 4.79 Å². The zero-order valence-electron chi connectivity index (χ0n) is 15.6. The van der Waals surface area contributed by atoms with Crippen molar-refractivity contribution in [2.75, 3.05) is 29.5 Å². The predicted octanol–water partition coefficient (Wildman–Crippen LogP) is 2.86. The quantitative estimate of drug-likeness (QED) is 0.546. The topological polar surface area (TPSA) is 57.9 Å². The van der Waals surface area contributed by atoms with E-state index in [9.17, 15) is 9.59 Å². The van der Waals surface area contributed by atoms with E-state index >= 15 is 0 Å². The second kappa shape index (κ2) is 7.88. The number of hydrogen-bond acceptors (Lipinski definition) is 7. The Morgan fingerprint density at radius 2 is 1.96 bits per heavy atom. The van der Waals surface area contributed by atoms with Crippen LogP contribution in [0.15, 0.2) is 34.1 Å². The maximum atomic E-state index is 13.3. The number of nitrogens with zero attached hydrogens (tertiary/aromatic N) is 4. The van der Waals surface area contributed by atoms with Gasteiger partial charge in [-0.3, -0.25) is 18.9 Å². The van der Waals surface area contributed by atoms with E-state index in [4.69, 9.17) is 17.2 Å². The summed E-state index contributed by atoms with van der Waals surface area (Å²) in [4.78, 5) is 35.1. The summed E-state index contributed by atoms with van der Waals surface area (Å²) in [6.07, 6.45) is 3.38. The van der Waals surface area contributed by atoms with E-state index < -0.39 is 0 Å². The fourth-order valence-corrected chi connectivity index (χ4v) is 5.70. The van der Waals surface area contributed by atoms with Crippen LogP contribution in [-0.4, -0.2) is 55.1 Å². The van der Waals surface area contributed by atoms with Crippen molar-refractivity contribution in [1.29, 1.82) is 0 Å². The van der Waals surface area contributed by atoms with E-state index in [0.717, 1.165) is 24.6 Å². The van der Waals surface area contributed by atoms with Gasteiger partial charge in [-0.15, -0.1) is 0 Å². The average Bonchev–Trinajstić information content (AvgIpc) is 2.98. The lowest BCUT2D eigenvalue weighted by Gasteiger charge is -2.28. The normalized spacial score (nSPS) is 19.5. The number of thioether (sulfide) groups is 2. The van der Waals surface area contributed by atoms with Gasteiger partial charge in [-0.05, 0) is 32.1 Å². The summed E-state index contributed by atoms with van der Waals surface area (Å²) in [5.74, 6) is 2.48. The van der Waals surface area contributed by atoms with Crippen LogP contribution in [0.2, 0.25) is 0 Å². The number of thiocarbonyl (C=S) groups is 1. The number of carbonyl (C=O) groups excluding carboxylic acids is 1. The zero-order chi connectivity index (χ0) is 19.8. The molecule has 4 rings (SSSR count). The van der Waals surface area contributed by atoms with Crippen molar-refractivity contribution in [3.63, 3.8) is 0 Å². The summed E-state index contributed by atoms with van der Waals surface area (Å²) in [7, 11) is 0. The minimum absolute atomic E-state index is 0.0205. The number of hydrogen-bond donors (Lipinski definition) is 0. The maximum absolute atomic E-state index is 13.3. The molecule has 9 heteroatoms. The molecule has 0 N–H and O–H groups in total. The second-order valence-corrected chi connectivity index (χ2v) is 9.73. The SMILES string of the molecule is CC(C)N1C(=O)C(=Cc2c(N3CCSCC3)nc3ccccn3c2=O)SC1=S. The van der Waals surface area contributed by atoms with Crippen LogP contribution in [-0.2, 0) is 4.79 Å². The molecular weight excluding hydrogens is 412 g/mol. The molecule has 0 spiro atoms. The highest BCUT2D eigenvalue weighted by Gasteiger charge is 2.34. The summed E-state index contributed by atoms with van der Waals surface area (Å²) >= 11 is 8.51. The predicted molar refractivity (Wildman–Crippen MR) is 121 cm³/mol. The van der Waals surface area contributed by atoms with Crippen LogP contribution in [0.5, 0.6) is 0 Å². The summed E-state index contributed by atoms with van der Waals surface area (Å²) < 4.78 is 2.05. The molecule has 1 amide bonds. The first-order valence-electron chi connectivity index (χ1n) is 9.08. The highest BCUT2D eigenvalue weighted by atomic mass is 32.2. The monoisotopic (exact) mass is 432 g/mol. The van der Waals surface area contributed by atoms with Crippen LogP contribution in [0.1, 0.15) is 19.4 Å². The van der Waals surface area contributed by atoms with E-state index in [1.807, 2.05) is 37.7 Å². The molecule has 0 saturated carbocycles. The molecule has 2 aromatic rings. The second-order valence-electron chi connectivity index (χ2n) is 6.83. The Kier molecular flexibility index (Phi) is 5.48. The number of carbonyl (C=O) groups is 1. The summed E-state index contributed by atoms with van der Waals surface area (Å²) in [5, 5.41) is 0. The van der Waals surface area contributed by atoms with Crippen LogP contribution in [0.3, 0.4) is 0 Å². The van der Waals surface area contributed by atoms with Gasteiger partial charge in [0.1, 0.15) is 15.8 Å². The third-order valence-electron chi connectivity index (χ3n) is 4.67. The first-order valence-corrected chi connectivity index (χ1v) is 11.5. The molecule has 2 aliphatic rings. The lowest BCUT2D eigenvalue weighted by molar-refractivity contribution is -0.123. The van der Waals surface area contributed by atoms with Crippen LogP contribution in [0.4, 0.5) is 5.82 Å². The van der Waals surface area contributed by atoms with Crippen molar-refractivity contribution in [3.8, 4) is 0 Å². The van der Waals surface area contributed by atoms with Gasteiger partial charge in [0.15, 0.2) is 0 Å². The average molecular weight is 433 g/mol. The van der Waals surface area contributed by atoms with E-state index in [2.05, 4.69) is 4.90 Å². The van der Waals surface area contributed by atoms with Gasteiger partial charge in [0.05, 0.1) is 10.5 Å². The van der Waals surface area contributed by atoms with E-state index in [-0.39, 0.29) is 17.5 Å². The van der Waals surface area contributed by atoms with Crippen molar-refractivity contribution in [2.24, 2.45) is 0 Å². The molecule has 4 heterocycles. The molecule has 0 atom stereocenters. The van der Waals surface area contributed by atoms with Crippen molar-refractivity contribution >= 4 is 63.5 Å². The molecular formula is C19H20N4O2S3. The van der Waals surface area contributed by atoms with E-state index in [1.54, 1.807) is 23.2 Å². The Balaban J connectivity index is 1.88. The first-order chi connectivity index (χ1) is 13.5. The van der Waals surface area contributed by atoms with Gasteiger partial charge in [-0.25, -0.2) is 4.98 Å². The first kappa shape index (κ1) is 19.5. The number of aromatic nitrogens is 2. The van der Waals surface area contributed by atoms with Gasteiger partial charge in [0, 0.05) is 36.8 Å². The maximum Gasteiger partial charge on any atom is 0.267 e. The molecule has 6 nitrogen and oxygen atoms in total. The summed E-state index contributed by atoms with van der Waals surface area (Å²) in [6, 6.07) is 5.47. The Hall–Kier alpha value is -1.84. The van der Waals surface area contributed by atoms with E-state index in [0.29, 0.717) is 26.3 Å². The minimum atomic E-state index is -0.173. The van der Waals surface area contributed by atoms with Gasteiger partial charge in [0.25, 0.3) is 11.5 Å². The molecule has 0 aliphatic carbocycles. The van der Waals surface area contributed by atoms with Crippen molar-refractivity contribution in [2.45, 2.75) is 19.9 Å². The van der Waals surface area contributed by atoms with Gasteiger partial charge in [-0.1, -0.05) is 30.0 Å². The lowest BCUT2D eigenvalue weighted by atomic mass is 10.2. The molecule has 0 radical (unpaired) electrons. The number of anilines is 1. The molecule has 0 unspecified atom stereocenters. The largest absolute Gasteiger partial charge is 0.354 e. The lowest BCUT2D eigenvalue weighted by Crippen LogP contribution is -2.36. The van der Waals surface area contributed by atoms with Gasteiger partial charge < -0.3 is 4.90 Å². The molecule has 2 fully saturated rings. The highest BCUT2D eigenvalue weighted by molar-refractivity contribution is 8.26. The highest BCUT2D eigenvalue weighted by Crippen LogP contribution is 2.34. The van der Waals surface area contributed by atoms with Crippen LogP contribution >= 0.6 is 35.7 Å². The zero-order valence-corrected chi connectivity index (χ0v) is 18.1. The molecule has 0 aromatic carbocycles. The molecule has 0 bridgehead atoms. The van der Waals surface area contributed by atoms with E-state index in [1.165, 1.54) is 16.2 Å². The number of fused-ring (bicyclic) bond motifs is 1. The number of amides is 1. The number of pyridine rings is 1. The molecule has 2 aromatic heterocycles. The molecule has 28 heavy (non-hydrogen) atoms. The molecule has 146 valence electrons. The Morgan fingerprint density at radius 1 is 1.21 bits per heavy atom. The van der Waals surface area contributed by atoms with Crippen LogP contribution < -0.4 is 10.5 Å².